The number of hydrogen-bond donors (Lipinski definition) is 0. The second-order valence-electron chi connectivity index (χ2n) is 6.91. The van der Waals surface area contributed by atoms with E-state index in [1.54, 1.807) is 0 Å². The maximum absolute atomic E-state index is 13.0. The Hall–Kier alpha value is -1.86. The third-order valence-corrected chi connectivity index (χ3v) is 6.28. The summed E-state index contributed by atoms with van der Waals surface area (Å²) < 4.78 is 0. The van der Waals surface area contributed by atoms with Gasteiger partial charge in [0.1, 0.15) is 0 Å². The zero-order chi connectivity index (χ0) is 16.6. The molecular formula is C20H20N2OS. The zero-order valence-corrected chi connectivity index (χ0v) is 14.4. The number of aliphatic imine (C=N–C) groups is 2. The zero-order valence-electron chi connectivity index (χ0n) is 13.6. The molecule has 1 heterocycles. The molecule has 0 saturated heterocycles. The number of hydrogen-bond acceptors (Lipinski definition) is 3. The molecule has 1 fully saturated rings. The van der Waals surface area contributed by atoms with Gasteiger partial charge in [0.05, 0.1) is 17.4 Å². The van der Waals surface area contributed by atoms with Crippen LogP contribution in [0.5, 0.6) is 0 Å². The molecule has 4 heteroatoms. The molecule has 1 aromatic carbocycles. The highest BCUT2D eigenvalue weighted by Crippen LogP contribution is 2.51. The van der Waals surface area contributed by atoms with Crippen molar-refractivity contribution in [3.63, 3.8) is 0 Å². The first-order valence-corrected chi connectivity index (χ1v) is 9.58. The van der Waals surface area contributed by atoms with E-state index in [1.165, 1.54) is 36.6 Å². The van der Waals surface area contributed by atoms with Crippen LogP contribution in [0.1, 0.15) is 43.2 Å². The highest BCUT2D eigenvalue weighted by atomic mass is 32.2. The Morgan fingerprint density at radius 1 is 1.21 bits per heavy atom. The number of nitrogens with zero attached hydrogens (tertiary/aromatic N) is 2. The normalized spacial score (nSPS) is 24.5. The Morgan fingerprint density at radius 3 is 2.79 bits per heavy atom. The van der Waals surface area contributed by atoms with Crippen molar-refractivity contribution < 1.29 is 4.79 Å². The fourth-order valence-electron chi connectivity index (χ4n) is 4.53. The molecule has 1 spiro atoms. The fraction of sp³-hybridized carbons (Fsp3) is 0.450. The Balaban J connectivity index is 1.82. The van der Waals surface area contributed by atoms with Gasteiger partial charge in [0.2, 0.25) is 0 Å². The molecule has 4 rings (SSSR count). The summed E-state index contributed by atoms with van der Waals surface area (Å²) in [7, 11) is 0. The number of amides is 1. The summed E-state index contributed by atoms with van der Waals surface area (Å²) in [6.45, 7) is 0. The molecule has 0 bridgehead atoms. The van der Waals surface area contributed by atoms with Crippen molar-refractivity contribution in [1.82, 2.24) is 0 Å². The molecule has 2 aliphatic carbocycles. The molecule has 1 amide bonds. The minimum absolute atomic E-state index is 0.00827. The monoisotopic (exact) mass is 336 g/mol. The summed E-state index contributed by atoms with van der Waals surface area (Å²) >= 11 is 1.37. The molecular weight excluding hydrogens is 316 g/mol. The number of rotatable bonds is 1. The van der Waals surface area contributed by atoms with Crippen LogP contribution >= 0.6 is 11.8 Å². The minimum Gasteiger partial charge on any atom is -0.272 e. The molecule has 24 heavy (non-hydrogen) atoms. The molecule has 3 nitrogen and oxygen atoms in total. The van der Waals surface area contributed by atoms with E-state index in [1.807, 2.05) is 6.07 Å². The second kappa shape index (κ2) is 6.22. The van der Waals surface area contributed by atoms with Gasteiger partial charge in [0.25, 0.3) is 5.91 Å². The Bertz CT molecular complexity index is 781. The molecule has 3 aliphatic rings. The van der Waals surface area contributed by atoms with E-state index in [0.717, 1.165) is 30.5 Å². The molecule has 0 aromatic heterocycles. The van der Waals surface area contributed by atoms with Crippen LogP contribution in [-0.4, -0.2) is 22.5 Å². The van der Waals surface area contributed by atoms with Gasteiger partial charge >= 0.3 is 0 Å². The maximum Gasteiger partial charge on any atom is 0.257 e. The first kappa shape index (κ1) is 15.7. The molecule has 0 radical (unpaired) electrons. The van der Waals surface area contributed by atoms with Crippen LogP contribution in [0.4, 0.5) is 0 Å². The van der Waals surface area contributed by atoms with Crippen molar-refractivity contribution in [3.8, 4) is 12.3 Å². The summed E-state index contributed by atoms with van der Waals surface area (Å²) in [6, 6.07) is 8.40. The third kappa shape index (κ3) is 2.52. The number of benzene rings is 1. The van der Waals surface area contributed by atoms with Crippen molar-refractivity contribution in [3.05, 3.63) is 35.4 Å². The first-order chi connectivity index (χ1) is 11.7. The number of fused-ring (bicyclic) bond motifs is 4. The highest BCUT2D eigenvalue weighted by molar-refractivity contribution is 8.14. The number of terminal acetylenes is 1. The van der Waals surface area contributed by atoms with E-state index in [-0.39, 0.29) is 17.2 Å². The molecule has 122 valence electrons. The summed E-state index contributed by atoms with van der Waals surface area (Å²) in [5.74, 6) is 2.87. The lowest BCUT2D eigenvalue weighted by Crippen LogP contribution is -2.49. The number of carbonyl (C=O) groups is 1. The summed E-state index contributed by atoms with van der Waals surface area (Å²) in [4.78, 5) is 22.0. The molecule has 0 N–H and O–H groups in total. The largest absolute Gasteiger partial charge is 0.272 e. The molecule has 1 unspecified atom stereocenters. The number of amidine groups is 1. The average molecular weight is 336 g/mol. The number of carbonyl (C=O) groups excluding carboxylic acids is 1. The van der Waals surface area contributed by atoms with Crippen LogP contribution in [0.25, 0.3) is 0 Å². The SMILES string of the molecule is C#CCSC1=NC(=O)C2C(=N1)c1ccccc1CC21CCCCC1. The van der Waals surface area contributed by atoms with Crippen LogP contribution in [0, 0.1) is 23.7 Å². The number of thioether (sulfide) groups is 1. The summed E-state index contributed by atoms with van der Waals surface area (Å²) in [6.07, 6.45) is 12.2. The van der Waals surface area contributed by atoms with Crippen molar-refractivity contribution in [2.45, 2.75) is 38.5 Å². The van der Waals surface area contributed by atoms with Gasteiger partial charge in [-0.1, -0.05) is 61.2 Å². The average Bonchev–Trinajstić information content (AvgIpc) is 2.60. The topological polar surface area (TPSA) is 41.8 Å². The van der Waals surface area contributed by atoms with Crippen LogP contribution in [0.3, 0.4) is 0 Å². The predicted molar refractivity (Wildman–Crippen MR) is 99.4 cm³/mol. The van der Waals surface area contributed by atoms with Crippen LogP contribution in [0.15, 0.2) is 34.3 Å². The Morgan fingerprint density at radius 2 is 2.00 bits per heavy atom. The first-order valence-electron chi connectivity index (χ1n) is 8.59. The Kier molecular flexibility index (Phi) is 4.05. The van der Waals surface area contributed by atoms with Gasteiger partial charge in [-0.05, 0) is 30.2 Å². The van der Waals surface area contributed by atoms with E-state index in [2.05, 4.69) is 29.1 Å². The third-order valence-electron chi connectivity index (χ3n) is 5.52. The molecule has 1 aliphatic heterocycles. The lowest BCUT2D eigenvalue weighted by atomic mass is 9.57. The molecule has 1 saturated carbocycles. The van der Waals surface area contributed by atoms with E-state index in [9.17, 15) is 4.79 Å². The maximum atomic E-state index is 13.0. The Labute approximate surface area is 147 Å². The fourth-order valence-corrected chi connectivity index (χ4v) is 5.06. The lowest BCUT2D eigenvalue weighted by molar-refractivity contribution is -0.124. The van der Waals surface area contributed by atoms with Crippen molar-refractivity contribution in [1.29, 1.82) is 0 Å². The van der Waals surface area contributed by atoms with E-state index < -0.39 is 0 Å². The van der Waals surface area contributed by atoms with Crippen LogP contribution < -0.4 is 0 Å². The lowest BCUT2D eigenvalue weighted by Gasteiger charge is -2.47. The van der Waals surface area contributed by atoms with E-state index >= 15 is 0 Å². The van der Waals surface area contributed by atoms with Gasteiger partial charge in [-0.3, -0.25) is 4.79 Å². The standard InChI is InChI=1S/C20H20N2OS/c1-2-12-24-19-21-17-15-9-5-4-8-14(15)13-20(10-6-3-7-11-20)16(17)18(23)22-19/h1,4-5,8-9,16H,3,6-7,10-13H2. The van der Waals surface area contributed by atoms with Gasteiger partial charge < -0.3 is 0 Å². The van der Waals surface area contributed by atoms with Gasteiger partial charge in [-0.2, -0.15) is 4.99 Å². The van der Waals surface area contributed by atoms with Crippen molar-refractivity contribution in [2.75, 3.05) is 5.75 Å². The summed E-state index contributed by atoms with van der Waals surface area (Å²) in [5, 5.41) is 0.520. The van der Waals surface area contributed by atoms with Crippen LogP contribution in [0.2, 0.25) is 0 Å². The van der Waals surface area contributed by atoms with Crippen LogP contribution in [-0.2, 0) is 11.2 Å². The molecule has 1 atom stereocenters. The van der Waals surface area contributed by atoms with Gasteiger partial charge in [0, 0.05) is 5.56 Å². The predicted octanol–water partition coefficient (Wildman–Crippen LogP) is 3.86. The smallest absolute Gasteiger partial charge is 0.257 e. The van der Waals surface area contributed by atoms with Crippen molar-refractivity contribution in [2.24, 2.45) is 21.3 Å². The van der Waals surface area contributed by atoms with Crippen molar-refractivity contribution >= 4 is 28.5 Å². The van der Waals surface area contributed by atoms with E-state index in [4.69, 9.17) is 11.4 Å². The van der Waals surface area contributed by atoms with Gasteiger partial charge in [-0.25, -0.2) is 4.99 Å². The van der Waals surface area contributed by atoms with Gasteiger partial charge in [0.15, 0.2) is 5.17 Å². The van der Waals surface area contributed by atoms with Gasteiger partial charge in [-0.15, -0.1) is 6.42 Å². The quantitative estimate of drug-likeness (QED) is 0.731. The minimum atomic E-state index is -0.178. The highest BCUT2D eigenvalue weighted by Gasteiger charge is 2.51. The van der Waals surface area contributed by atoms with E-state index in [0.29, 0.717) is 10.9 Å². The molecule has 1 aromatic rings. The summed E-state index contributed by atoms with van der Waals surface area (Å²) in [5.41, 5.74) is 3.39. The second-order valence-corrected chi connectivity index (χ2v) is 7.85.